The summed E-state index contributed by atoms with van der Waals surface area (Å²) >= 11 is 0. The molecule has 2 amide bonds. The Labute approximate surface area is 253 Å². The van der Waals surface area contributed by atoms with Crippen molar-refractivity contribution < 1.29 is 27.5 Å². The fourth-order valence-corrected chi connectivity index (χ4v) is 6.53. The third-order valence-electron chi connectivity index (χ3n) is 8.07. The number of ether oxygens (including phenoxy) is 2. The number of amides is 2. The van der Waals surface area contributed by atoms with E-state index in [0.29, 0.717) is 31.1 Å². The molecule has 5 rings (SSSR count). The Morgan fingerprint density at radius 1 is 0.930 bits per heavy atom. The van der Waals surface area contributed by atoms with Crippen LogP contribution in [0, 0.1) is 6.92 Å². The molecule has 9 nitrogen and oxygen atoms in total. The highest BCUT2D eigenvalue weighted by atomic mass is 32.2. The van der Waals surface area contributed by atoms with E-state index < -0.39 is 28.5 Å². The van der Waals surface area contributed by atoms with Gasteiger partial charge in [0, 0.05) is 25.1 Å². The zero-order chi connectivity index (χ0) is 30.4. The lowest BCUT2D eigenvalue weighted by atomic mass is 10.0. The summed E-state index contributed by atoms with van der Waals surface area (Å²) in [4.78, 5) is 29.8. The van der Waals surface area contributed by atoms with E-state index in [2.05, 4.69) is 5.32 Å². The molecule has 0 bridgehead atoms. The second-order valence-corrected chi connectivity index (χ2v) is 13.1. The minimum Gasteiger partial charge on any atom is -0.486 e. The molecule has 228 valence electrons. The van der Waals surface area contributed by atoms with Gasteiger partial charge in [0.15, 0.2) is 11.5 Å². The average Bonchev–Trinajstić information content (AvgIpc) is 3.51. The van der Waals surface area contributed by atoms with E-state index in [-0.39, 0.29) is 24.2 Å². The van der Waals surface area contributed by atoms with Crippen LogP contribution in [0.15, 0.2) is 72.8 Å². The topological polar surface area (TPSA) is 105 Å². The maximum absolute atomic E-state index is 14.3. The van der Waals surface area contributed by atoms with Crippen molar-refractivity contribution in [2.24, 2.45) is 0 Å². The number of nitrogens with zero attached hydrogens (tertiary/aromatic N) is 2. The van der Waals surface area contributed by atoms with E-state index in [1.807, 2.05) is 61.5 Å². The van der Waals surface area contributed by atoms with Crippen LogP contribution < -0.4 is 19.1 Å². The largest absolute Gasteiger partial charge is 0.486 e. The molecule has 3 aromatic carbocycles. The lowest BCUT2D eigenvalue weighted by Gasteiger charge is -2.34. The maximum atomic E-state index is 14.3. The third-order valence-corrected chi connectivity index (χ3v) is 9.21. The molecule has 1 aliphatic carbocycles. The van der Waals surface area contributed by atoms with Crippen LogP contribution >= 0.6 is 0 Å². The number of carbonyl (C=O) groups is 2. The standard InChI is InChI=1S/C33H39N3O6S/c1-24-10-6-7-13-26(24)22-35(29(20-25-11-4-3-5-12-25)33(38)34-27-14-8-9-15-27)32(37)23-36(43(2,39)40)28-16-17-30-31(21-28)42-19-18-41-30/h3-7,10-13,16-17,21,27,29H,8-9,14-15,18-20,22-23H2,1-2H3,(H,34,38)/t29-/m0/s1. The number of benzene rings is 3. The van der Waals surface area contributed by atoms with Crippen LogP contribution in [0.5, 0.6) is 11.5 Å². The highest BCUT2D eigenvalue weighted by molar-refractivity contribution is 7.92. The van der Waals surface area contributed by atoms with Crippen LogP contribution in [0.3, 0.4) is 0 Å². The number of carbonyl (C=O) groups excluding carboxylic acids is 2. The predicted octanol–water partition coefficient (Wildman–Crippen LogP) is 4.23. The molecule has 43 heavy (non-hydrogen) atoms. The summed E-state index contributed by atoms with van der Waals surface area (Å²) in [5.74, 6) is 0.218. The molecular weight excluding hydrogens is 566 g/mol. The Kier molecular flexibility index (Phi) is 9.55. The molecule has 1 atom stereocenters. The van der Waals surface area contributed by atoms with Gasteiger partial charge in [-0.05, 0) is 48.6 Å². The fourth-order valence-electron chi connectivity index (χ4n) is 5.69. The summed E-state index contributed by atoms with van der Waals surface area (Å²) in [5, 5.41) is 3.19. The number of aryl methyl sites for hydroxylation is 1. The molecule has 0 aromatic heterocycles. The van der Waals surface area contributed by atoms with Crippen molar-refractivity contribution in [1.82, 2.24) is 10.2 Å². The van der Waals surface area contributed by atoms with Crippen molar-refractivity contribution in [2.45, 2.75) is 57.7 Å². The highest BCUT2D eigenvalue weighted by Crippen LogP contribution is 2.35. The zero-order valence-corrected chi connectivity index (χ0v) is 25.5. The molecule has 0 unspecified atom stereocenters. The quantitative estimate of drug-likeness (QED) is 0.351. The summed E-state index contributed by atoms with van der Waals surface area (Å²) in [7, 11) is -3.89. The maximum Gasteiger partial charge on any atom is 0.244 e. The molecule has 0 saturated heterocycles. The van der Waals surface area contributed by atoms with Gasteiger partial charge < -0.3 is 19.7 Å². The van der Waals surface area contributed by atoms with Crippen molar-refractivity contribution in [1.29, 1.82) is 0 Å². The molecule has 1 saturated carbocycles. The van der Waals surface area contributed by atoms with E-state index in [4.69, 9.17) is 9.47 Å². The lowest BCUT2D eigenvalue weighted by Crippen LogP contribution is -2.54. The van der Waals surface area contributed by atoms with Crippen molar-refractivity contribution in [3.8, 4) is 11.5 Å². The Morgan fingerprint density at radius 3 is 2.30 bits per heavy atom. The molecule has 10 heteroatoms. The fraction of sp³-hybridized carbons (Fsp3) is 0.394. The van der Waals surface area contributed by atoms with Crippen LogP contribution in [0.2, 0.25) is 0 Å². The van der Waals surface area contributed by atoms with Crippen molar-refractivity contribution in [2.75, 3.05) is 30.3 Å². The van der Waals surface area contributed by atoms with Gasteiger partial charge in [-0.3, -0.25) is 13.9 Å². The summed E-state index contributed by atoms with van der Waals surface area (Å²) in [6.07, 6.45) is 5.28. The number of anilines is 1. The SMILES string of the molecule is Cc1ccccc1CN(C(=O)CN(c1ccc2c(c1)OCCO2)S(C)(=O)=O)[C@@H](Cc1ccccc1)C(=O)NC1CCCC1. The molecule has 1 heterocycles. The van der Waals surface area contributed by atoms with Gasteiger partial charge in [-0.25, -0.2) is 8.42 Å². The van der Waals surface area contributed by atoms with Gasteiger partial charge >= 0.3 is 0 Å². The molecule has 1 N–H and O–H groups in total. The van der Waals surface area contributed by atoms with Gasteiger partial charge in [-0.1, -0.05) is 67.4 Å². The van der Waals surface area contributed by atoms with Crippen LogP contribution in [-0.2, 0) is 32.6 Å². The molecule has 1 aliphatic heterocycles. The normalized spacial score (nSPS) is 15.5. The Balaban J connectivity index is 1.51. The Morgan fingerprint density at radius 2 is 1.60 bits per heavy atom. The van der Waals surface area contributed by atoms with Crippen molar-refractivity contribution >= 4 is 27.5 Å². The third kappa shape index (κ3) is 7.67. The van der Waals surface area contributed by atoms with Gasteiger partial charge in [0.25, 0.3) is 0 Å². The van der Waals surface area contributed by atoms with Gasteiger partial charge in [0.1, 0.15) is 25.8 Å². The van der Waals surface area contributed by atoms with Crippen LogP contribution in [0.4, 0.5) is 5.69 Å². The minimum absolute atomic E-state index is 0.0615. The first-order valence-electron chi connectivity index (χ1n) is 14.7. The monoisotopic (exact) mass is 605 g/mol. The zero-order valence-electron chi connectivity index (χ0n) is 24.7. The molecular formula is C33H39N3O6S. The minimum atomic E-state index is -3.89. The number of fused-ring (bicyclic) bond motifs is 1. The Hall–Kier alpha value is -4.05. The first-order valence-corrected chi connectivity index (χ1v) is 16.6. The number of rotatable bonds is 11. The van der Waals surface area contributed by atoms with Crippen molar-refractivity contribution in [3.63, 3.8) is 0 Å². The van der Waals surface area contributed by atoms with Gasteiger partial charge in [0.2, 0.25) is 21.8 Å². The second-order valence-electron chi connectivity index (χ2n) is 11.2. The summed E-state index contributed by atoms with van der Waals surface area (Å²) in [6.45, 7) is 2.38. The Bertz CT molecular complexity index is 1540. The van der Waals surface area contributed by atoms with Gasteiger partial charge in [-0.2, -0.15) is 0 Å². The number of hydrogen-bond acceptors (Lipinski definition) is 6. The number of hydrogen-bond donors (Lipinski definition) is 1. The summed E-state index contributed by atoms with van der Waals surface area (Å²) in [6, 6.07) is 21.3. The first kappa shape index (κ1) is 30.4. The first-order chi connectivity index (χ1) is 20.7. The van der Waals surface area contributed by atoms with Crippen molar-refractivity contribution in [3.05, 3.63) is 89.5 Å². The van der Waals surface area contributed by atoms with Gasteiger partial charge in [-0.15, -0.1) is 0 Å². The van der Waals surface area contributed by atoms with Crippen LogP contribution in [0.25, 0.3) is 0 Å². The van der Waals surface area contributed by atoms with Crippen LogP contribution in [0.1, 0.15) is 42.4 Å². The number of sulfonamides is 1. The molecule has 1 fully saturated rings. The van der Waals surface area contributed by atoms with E-state index in [9.17, 15) is 18.0 Å². The lowest BCUT2D eigenvalue weighted by molar-refractivity contribution is -0.140. The second kappa shape index (κ2) is 13.5. The molecule has 0 radical (unpaired) electrons. The molecule has 3 aromatic rings. The van der Waals surface area contributed by atoms with E-state index >= 15 is 0 Å². The van der Waals surface area contributed by atoms with E-state index in [1.54, 1.807) is 18.2 Å². The predicted molar refractivity (Wildman–Crippen MR) is 166 cm³/mol. The van der Waals surface area contributed by atoms with Gasteiger partial charge in [0.05, 0.1) is 11.9 Å². The van der Waals surface area contributed by atoms with E-state index in [0.717, 1.165) is 52.9 Å². The summed E-state index contributed by atoms with van der Waals surface area (Å²) in [5.41, 5.74) is 3.05. The van der Waals surface area contributed by atoms with E-state index in [1.165, 1.54) is 4.90 Å². The summed E-state index contributed by atoms with van der Waals surface area (Å²) < 4.78 is 38.5. The molecule has 0 spiro atoms. The smallest absolute Gasteiger partial charge is 0.244 e. The van der Waals surface area contributed by atoms with Crippen LogP contribution in [-0.4, -0.2) is 63.2 Å². The number of nitrogens with one attached hydrogen (secondary N) is 1. The highest BCUT2D eigenvalue weighted by Gasteiger charge is 2.34. The molecule has 2 aliphatic rings. The average molecular weight is 606 g/mol.